The van der Waals surface area contributed by atoms with Gasteiger partial charge in [-0.25, -0.2) is 4.98 Å². The molecule has 0 aliphatic carbocycles. The minimum absolute atomic E-state index is 0.0870. The largest absolute Gasteiger partial charge is 0.490 e. The van der Waals surface area contributed by atoms with E-state index in [1.807, 2.05) is 0 Å². The van der Waals surface area contributed by atoms with Crippen molar-refractivity contribution in [2.75, 3.05) is 6.61 Å². The molecule has 1 aromatic heterocycles. The highest BCUT2D eigenvalue weighted by Crippen LogP contribution is 2.29. The summed E-state index contributed by atoms with van der Waals surface area (Å²) in [5, 5.41) is 0.276. The maximum Gasteiger partial charge on any atom is 0.171 e. The average Bonchev–Trinajstić information content (AvgIpc) is 2.16. The van der Waals surface area contributed by atoms with Crippen molar-refractivity contribution in [3.63, 3.8) is 0 Å². The standard InChI is InChI=1S/C10H10ClNO2/c11-10-9-7(4-5-12-10)8(13)3-1-2-6-14-9/h4-5H,1-3,6H2. The van der Waals surface area contributed by atoms with Gasteiger partial charge in [-0.05, 0) is 18.9 Å². The topological polar surface area (TPSA) is 39.2 Å². The summed E-state index contributed by atoms with van der Waals surface area (Å²) in [6, 6.07) is 1.66. The Morgan fingerprint density at radius 3 is 3.14 bits per heavy atom. The second kappa shape index (κ2) is 3.96. The number of aromatic nitrogens is 1. The molecule has 0 fully saturated rings. The molecule has 0 spiro atoms. The minimum Gasteiger partial charge on any atom is -0.490 e. The van der Waals surface area contributed by atoms with E-state index in [1.54, 1.807) is 6.07 Å². The second-order valence-corrected chi connectivity index (χ2v) is 3.57. The molecule has 0 radical (unpaired) electrons. The molecule has 4 heteroatoms. The number of ether oxygens (including phenoxy) is 1. The molecule has 1 aliphatic heterocycles. The fourth-order valence-corrected chi connectivity index (χ4v) is 1.69. The fourth-order valence-electron chi connectivity index (χ4n) is 1.48. The van der Waals surface area contributed by atoms with E-state index < -0.39 is 0 Å². The zero-order valence-electron chi connectivity index (χ0n) is 7.62. The number of hydrogen-bond acceptors (Lipinski definition) is 3. The summed E-state index contributed by atoms with van der Waals surface area (Å²) in [6.07, 6.45) is 3.86. The Morgan fingerprint density at radius 2 is 2.29 bits per heavy atom. The van der Waals surface area contributed by atoms with E-state index in [1.165, 1.54) is 6.20 Å². The van der Waals surface area contributed by atoms with Gasteiger partial charge in [0, 0.05) is 12.6 Å². The maximum absolute atomic E-state index is 11.6. The molecule has 0 amide bonds. The van der Waals surface area contributed by atoms with Crippen molar-refractivity contribution in [1.82, 2.24) is 4.98 Å². The molecule has 0 saturated carbocycles. The van der Waals surface area contributed by atoms with Gasteiger partial charge in [0.2, 0.25) is 0 Å². The van der Waals surface area contributed by atoms with Gasteiger partial charge in [0.25, 0.3) is 0 Å². The quantitative estimate of drug-likeness (QED) is 0.619. The summed E-state index contributed by atoms with van der Waals surface area (Å²) in [5.41, 5.74) is 0.560. The van der Waals surface area contributed by atoms with Crippen LogP contribution < -0.4 is 4.74 Å². The van der Waals surface area contributed by atoms with Gasteiger partial charge in [0.1, 0.15) is 0 Å². The number of carbonyl (C=O) groups is 1. The third-order valence-corrected chi connectivity index (χ3v) is 2.48. The van der Waals surface area contributed by atoms with Crippen molar-refractivity contribution in [3.05, 3.63) is 23.0 Å². The summed E-state index contributed by atoms with van der Waals surface area (Å²) < 4.78 is 5.41. The van der Waals surface area contributed by atoms with Crippen LogP contribution in [-0.4, -0.2) is 17.4 Å². The van der Waals surface area contributed by atoms with Gasteiger partial charge in [0.05, 0.1) is 12.2 Å². The van der Waals surface area contributed by atoms with E-state index in [0.717, 1.165) is 12.8 Å². The minimum atomic E-state index is 0.0870. The zero-order chi connectivity index (χ0) is 9.97. The molecule has 2 heterocycles. The van der Waals surface area contributed by atoms with Gasteiger partial charge in [-0.15, -0.1) is 0 Å². The predicted octanol–water partition coefficient (Wildman–Crippen LogP) is 2.48. The van der Waals surface area contributed by atoms with Gasteiger partial charge in [-0.1, -0.05) is 11.6 Å². The van der Waals surface area contributed by atoms with Crippen LogP contribution in [0.1, 0.15) is 29.6 Å². The van der Waals surface area contributed by atoms with Crippen molar-refractivity contribution >= 4 is 17.4 Å². The van der Waals surface area contributed by atoms with Crippen LogP contribution in [0.5, 0.6) is 5.75 Å². The van der Waals surface area contributed by atoms with Crippen molar-refractivity contribution in [2.45, 2.75) is 19.3 Å². The molecule has 3 nitrogen and oxygen atoms in total. The zero-order valence-corrected chi connectivity index (χ0v) is 8.38. The first-order valence-corrected chi connectivity index (χ1v) is 4.97. The molecule has 0 unspecified atom stereocenters. The van der Waals surface area contributed by atoms with Gasteiger partial charge < -0.3 is 4.74 Å². The summed E-state index contributed by atoms with van der Waals surface area (Å²) in [4.78, 5) is 15.5. The van der Waals surface area contributed by atoms with Crippen LogP contribution in [0.2, 0.25) is 5.15 Å². The number of rotatable bonds is 0. The SMILES string of the molecule is O=C1CCCCOc2c1ccnc2Cl. The number of hydrogen-bond donors (Lipinski definition) is 0. The summed E-state index contributed by atoms with van der Waals surface area (Å²) in [6.45, 7) is 0.603. The van der Waals surface area contributed by atoms with Crippen LogP contribution >= 0.6 is 11.6 Å². The van der Waals surface area contributed by atoms with Gasteiger partial charge in [-0.2, -0.15) is 0 Å². The molecule has 1 aliphatic rings. The lowest BCUT2D eigenvalue weighted by Gasteiger charge is -2.14. The summed E-state index contributed by atoms with van der Waals surface area (Å²) >= 11 is 5.84. The molecule has 14 heavy (non-hydrogen) atoms. The molecule has 1 aromatic rings. The highest BCUT2D eigenvalue weighted by atomic mass is 35.5. The van der Waals surface area contributed by atoms with Crippen LogP contribution in [0, 0.1) is 0 Å². The van der Waals surface area contributed by atoms with Crippen LogP contribution in [0.4, 0.5) is 0 Å². The first-order chi connectivity index (χ1) is 6.79. The van der Waals surface area contributed by atoms with E-state index in [-0.39, 0.29) is 10.9 Å². The highest BCUT2D eigenvalue weighted by Gasteiger charge is 2.18. The van der Waals surface area contributed by atoms with Crippen LogP contribution in [0.15, 0.2) is 12.3 Å². The number of fused-ring (bicyclic) bond motifs is 1. The van der Waals surface area contributed by atoms with Gasteiger partial charge in [-0.3, -0.25) is 4.79 Å². The van der Waals surface area contributed by atoms with E-state index >= 15 is 0 Å². The molecular weight excluding hydrogens is 202 g/mol. The van der Waals surface area contributed by atoms with Crippen LogP contribution in [-0.2, 0) is 0 Å². The van der Waals surface area contributed by atoms with Crippen molar-refractivity contribution in [2.24, 2.45) is 0 Å². The lowest BCUT2D eigenvalue weighted by Crippen LogP contribution is -2.10. The average molecular weight is 212 g/mol. The van der Waals surface area contributed by atoms with Gasteiger partial charge >= 0.3 is 0 Å². The Morgan fingerprint density at radius 1 is 1.43 bits per heavy atom. The molecule has 2 rings (SSSR count). The van der Waals surface area contributed by atoms with E-state index in [2.05, 4.69) is 4.98 Å². The van der Waals surface area contributed by atoms with Crippen molar-refractivity contribution in [3.8, 4) is 5.75 Å². The lowest BCUT2D eigenvalue weighted by molar-refractivity contribution is 0.0966. The van der Waals surface area contributed by atoms with E-state index in [9.17, 15) is 4.79 Å². The normalized spacial score (nSPS) is 16.5. The molecule has 0 saturated heterocycles. The number of carbonyl (C=O) groups excluding carboxylic acids is 1. The molecule has 0 N–H and O–H groups in total. The fraction of sp³-hybridized carbons (Fsp3) is 0.400. The van der Waals surface area contributed by atoms with E-state index in [4.69, 9.17) is 16.3 Å². The third kappa shape index (κ3) is 1.73. The smallest absolute Gasteiger partial charge is 0.171 e. The second-order valence-electron chi connectivity index (χ2n) is 3.21. The monoisotopic (exact) mass is 211 g/mol. The molecule has 74 valence electrons. The molecular formula is C10H10ClNO2. The van der Waals surface area contributed by atoms with Gasteiger partial charge in [0.15, 0.2) is 16.7 Å². The first-order valence-electron chi connectivity index (χ1n) is 4.59. The molecule has 0 bridgehead atoms. The number of nitrogens with zero attached hydrogens (tertiary/aromatic N) is 1. The summed E-state index contributed by atoms with van der Waals surface area (Å²) in [5.74, 6) is 0.530. The number of halogens is 1. The number of pyridine rings is 1. The summed E-state index contributed by atoms with van der Waals surface area (Å²) in [7, 11) is 0. The Bertz CT molecular complexity index is 365. The third-order valence-electron chi connectivity index (χ3n) is 2.21. The first kappa shape index (κ1) is 9.46. The Labute approximate surface area is 87.0 Å². The van der Waals surface area contributed by atoms with Crippen molar-refractivity contribution in [1.29, 1.82) is 0 Å². The Kier molecular flexibility index (Phi) is 2.68. The van der Waals surface area contributed by atoms with Crippen LogP contribution in [0.25, 0.3) is 0 Å². The highest BCUT2D eigenvalue weighted by molar-refractivity contribution is 6.31. The lowest BCUT2D eigenvalue weighted by atomic mass is 10.0. The maximum atomic E-state index is 11.6. The Hall–Kier alpha value is -1.09. The van der Waals surface area contributed by atoms with Crippen LogP contribution in [0.3, 0.4) is 0 Å². The number of ketones is 1. The molecule has 0 aromatic carbocycles. The number of Topliss-reactive ketones (excluding diaryl/α,β-unsaturated/α-hetero) is 1. The molecule has 0 atom stereocenters. The Balaban J connectivity index is 2.46. The van der Waals surface area contributed by atoms with E-state index in [0.29, 0.717) is 24.3 Å². The predicted molar refractivity (Wildman–Crippen MR) is 52.9 cm³/mol. The van der Waals surface area contributed by atoms with Crippen molar-refractivity contribution < 1.29 is 9.53 Å².